The minimum atomic E-state index is -0.984. The number of aromatic carboxylic acids is 1. The molecule has 0 saturated carbocycles. The molecular weight excluding hydrogens is 131 g/mol. The number of carboxylic acid groups (broad SMARTS) is 1. The van der Waals surface area contributed by atoms with Crippen molar-refractivity contribution in [2.24, 2.45) is 0 Å². The second-order valence-corrected chi connectivity index (χ2v) is 1.27. The van der Waals surface area contributed by atoms with Crippen LogP contribution in [0.2, 0.25) is 0 Å². The van der Waals surface area contributed by atoms with E-state index in [9.17, 15) is 4.79 Å². The minimum Gasteiger partial charge on any atom is -1.00 e. The maximum absolute atomic E-state index is 9.99. The van der Waals surface area contributed by atoms with E-state index in [4.69, 9.17) is 5.11 Å². The molecule has 0 radical (unpaired) electrons. The van der Waals surface area contributed by atoms with Crippen molar-refractivity contribution in [2.45, 2.75) is 0 Å². The Hall–Kier alpha value is -0.320. The summed E-state index contributed by atoms with van der Waals surface area (Å²) < 4.78 is 0. The quantitative estimate of drug-likeness (QED) is 0.410. The van der Waals surface area contributed by atoms with E-state index in [2.05, 4.69) is 9.97 Å². The molecule has 44 valence electrons. The number of H-pyrrole nitrogens is 1. The molecule has 0 atom stereocenters. The molecule has 4 nitrogen and oxygen atoms in total. The average molecular weight is 136 g/mol. The molecule has 0 aliphatic carbocycles. The zero-order valence-electron chi connectivity index (χ0n) is 5.96. The Kier molecular flexibility index (Phi) is 3.53. The Morgan fingerprint density at radius 1 is 1.89 bits per heavy atom. The SMILES string of the molecule is O=C(O)c1cnc[nH]1.[H-].[Na+]. The molecule has 0 saturated heterocycles. The molecule has 0 aliphatic rings. The number of carboxylic acids is 1. The first kappa shape index (κ1) is 8.68. The summed E-state index contributed by atoms with van der Waals surface area (Å²) in [5.74, 6) is -0.984. The van der Waals surface area contributed by atoms with E-state index >= 15 is 0 Å². The van der Waals surface area contributed by atoms with Gasteiger partial charge in [0.2, 0.25) is 0 Å². The van der Waals surface area contributed by atoms with E-state index in [-0.39, 0.29) is 36.7 Å². The van der Waals surface area contributed by atoms with E-state index in [1.165, 1.54) is 12.5 Å². The predicted molar refractivity (Wildman–Crippen MR) is 26.7 cm³/mol. The number of aromatic nitrogens is 2. The standard InChI is InChI=1S/C4H4N2O2.Na.H/c7-4(8)3-1-5-2-6-3;;/h1-2H,(H,5,6)(H,7,8);;/q;+1;-1. The van der Waals surface area contributed by atoms with Crippen LogP contribution in [-0.2, 0) is 0 Å². The molecule has 0 fully saturated rings. The predicted octanol–water partition coefficient (Wildman–Crippen LogP) is -2.78. The van der Waals surface area contributed by atoms with Crippen LogP contribution in [0.15, 0.2) is 12.5 Å². The molecule has 0 bridgehead atoms. The summed E-state index contributed by atoms with van der Waals surface area (Å²) in [6.45, 7) is 0. The number of imidazole rings is 1. The third kappa shape index (κ3) is 2.17. The van der Waals surface area contributed by atoms with Gasteiger partial charge in [0, 0.05) is 0 Å². The molecule has 1 aromatic rings. The van der Waals surface area contributed by atoms with Crippen molar-refractivity contribution in [3.8, 4) is 0 Å². The van der Waals surface area contributed by atoms with E-state index in [0.717, 1.165) is 0 Å². The van der Waals surface area contributed by atoms with Gasteiger partial charge in [-0.1, -0.05) is 0 Å². The monoisotopic (exact) mass is 136 g/mol. The number of nitrogens with one attached hydrogen (secondary N) is 1. The zero-order valence-corrected chi connectivity index (χ0v) is 6.96. The summed E-state index contributed by atoms with van der Waals surface area (Å²) in [5, 5.41) is 8.20. The average Bonchev–Trinajstić information content (AvgIpc) is 2.12. The summed E-state index contributed by atoms with van der Waals surface area (Å²) in [7, 11) is 0. The number of rotatable bonds is 1. The van der Waals surface area contributed by atoms with Gasteiger partial charge >= 0.3 is 35.5 Å². The first-order chi connectivity index (χ1) is 3.80. The Morgan fingerprint density at radius 3 is 2.78 bits per heavy atom. The smallest absolute Gasteiger partial charge is 1.00 e. The third-order valence-corrected chi connectivity index (χ3v) is 0.729. The molecule has 0 spiro atoms. The Bertz CT molecular complexity index is 189. The molecule has 2 N–H and O–H groups in total. The number of aromatic amines is 1. The van der Waals surface area contributed by atoms with Gasteiger partial charge in [0.05, 0.1) is 12.5 Å². The molecule has 1 rings (SSSR count). The molecule has 1 aromatic heterocycles. The van der Waals surface area contributed by atoms with Crippen LogP contribution in [-0.4, -0.2) is 21.0 Å². The van der Waals surface area contributed by atoms with Crippen LogP contribution in [0.3, 0.4) is 0 Å². The number of nitrogens with zero attached hydrogens (tertiary/aromatic N) is 1. The van der Waals surface area contributed by atoms with Gasteiger partial charge < -0.3 is 11.5 Å². The summed E-state index contributed by atoms with van der Waals surface area (Å²) in [4.78, 5) is 15.9. The summed E-state index contributed by atoms with van der Waals surface area (Å²) >= 11 is 0. The Morgan fingerprint density at radius 2 is 2.56 bits per heavy atom. The first-order valence-corrected chi connectivity index (χ1v) is 2.02. The molecule has 9 heavy (non-hydrogen) atoms. The molecule has 0 amide bonds. The largest absolute Gasteiger partial charge is 1.00 e. The van der Waals surface area contributed by atoms with E-state index in [0.29, 0.717) is 0 Å². The fraction of sp³-hybridized carbons (Fsp3) is 0. The fourth-order valence-corrected chi connectivity index (χ4v) is 0.373. The van der Waals surface area contributed by atoms with Crippen molar-refractivity contribution in [1.82, 2.24) is 9.97 Å². The van der Waals surface area contributed by atoms with Gasteiger partial charge in [-0.05, 0) is 0 Å². The van der Waals surface area contributed by atoms with E-state index in [1.807, 2.05) is 0 Å². The number of carbonyl (C=O) groups is 1. The van der Waals surface area contributed by atoms with Crippen molar-refractivity contribution < 1.29 is 40.9 Å². The van der Waals surface area contributed by atoms with Crippen molar-refractivity contribution in [1.29, 1.82) is 0 Å². The zero-order chi connectivity index (χ0) is 5.98. The van der Waals surface area contributed by atoms with E-state index in [1.54, 1.807) is 0 Å². The van der Waals surface area contributed by atoms with Gasteiger partial charge in [0.1, 0.15) is 5.69 Å². The second kappa shape index (κ2) is 3.66. The van der Waals surface area contributed by atoms with Crippen LogP contribution in [0.25, 0.3) is 0 Å². The molecule has 0 aromatic carbocycles. The van der Waals surface area contributed by atoms with Gasteiger partial charge in [0.25, 0.3) is 0 Å². The van der Waals surface area contributed by atoms with Crippen molar-refractivity contribution >= 4 is 5.97 Å². The summed E-state index contributed by atoms with van der Waals surface area (Å²) in [6, 6.07) is 0. The number of hydrogen-bond acceptors (Lipinski definition) is 2. The number of hydrogen-bond donors (Lipinski definition) is 2. The summed E-state index contributed by atoms with van der Waals surface area (Å²) in [6.07, 6.45) is 2.58. The molecule has 0 unspecified atom stereocenters. The van der Waals surface area contributed by atoms with Gasteiger partial charge in [-0.15, -0.1) is 0 Å². The van der Waals surface area contributed by atoms with Crippen LogP contribution in [0, 0.1) is 0 Å². The molecule has 1 heterocycles. The van der Waals surface area contributed by atoms with Crippen molar-refractivity contribution in [3.63, 3.8) is 0 Å². The minimum absolute atomic E-state index is 0. The van der Waals surface area contributed by atoms with Crippen molar-refractivity contribution in [3.05, 3.63) is 18.2 Å². The van der Waals surface area contributed by atoms with E-state index < -0.39 is 5.97 Å². The second-order valence-electron chi connectivity index (χ2n) is 1.27. The molecular formula is C4H5N2NaO2. The van der Waals surface area contributed by atoms with Gasteiger partial charge in [-0.3, -0.25) is 0 Å². The first-order valence-electron chi connectivity index (χ1n) is 2.02. The van der Waals surface area contributed by atoms with Crippen molar-refractivity contribution in [2.75, 3.05) is 0 Å². The van der Waals surface area contributed by atoms with Gasteiger partial charge in [-0.2, -0.15) is 0 Å². The van der Waals surface area contributed by atoms with Crippen LogP contribution in [0.5, 0.6) is 0 Å². The Labute approximate surface area is 75.1 Å². The third-order valence-electron chi connectivity index (χ3n) is 0.729. The Balaban J connectivity index is 0. The van der Waals surface area contributed by atoms with Gasteiger partial charge in [-0.25, -0.2) is 9.78 Å². The maximum atomic E-state index is 9.99. The van der Waals surface area contributed by atoms with Crippen LogP contribution >= 0.6 is 0 Å². The van der Waals surface area contributed by atoms with Crippen LogP contribution in [0.4, 0.5) is 0 Å². The topological polar surface area (TPSA) is 66.0 Å². The maximum Gasteiger partial charge on any atom is 1.00 e. The van der Waals surface area contributed by atoms with Gasteiger partial charge in [0.15, 0.2) is 0 Å². The normalized spacial score (nSPS) is 8.00. The molecule has 0 aliphatic heterocycles. The summed E-state index contributed by atoms with van der Waals surface area (Å²) in [5.41, 5.74) is 0.116. The fourth-order valence-electron chi connectivity index (χ4n) is 0.373. The van der Waals surface area contributed by atoms with Crippen LogP contribution < -0.4 is 29.6 Å². The van der Waals surface area contributed by atoms with Crippen LogP contribution in [0.1, 0.15) is 11.9 Å². The molecule has 5 heteroatoms.